The van der Waals surface area contributed by atoms with Crippen molar-refractivity contribution >= 4 is 166 Å². The average molecular weight is 2060 g/mol. The predicted octanol–water partition coefficient (Wildman–Crippen LogP) is 21.5. The number of nitrogens with one attached hydrogen (secondary N) is 3. The Morgan fingerprint density at radius 2 is 0.805 bits per heavy atom. The van der Waals surface area contributed by atoms with Crippen molar-refractivity contribution < 1.29 is 71.7 Å². The molecule has 2 heterocycles. The van der Waals surface area contributed by atoms with E-state index in [1.54, 1.807) is 91.0 Å². The normalized spacial score (nSPS) is 12.4. The maximum Gasteiger partial charge on any atom is 0.264 e. The molecule has 31 heteroatoms. The summed E-state index contributed by atoms with van der Waals surface area (Å²) in [6.07, 6.45) is 1.60. The highest BCUT2D eigenvalue weighted by atomic mass is 79.9. The molecule has 0 saturated heterocycles. The van der Waals surface area contributed by atoms with Gasteiger partial charge in [-0.05, 0) is 234 Å². The number of hydrogen-bond acceptors (Lipinski definition) is 18. The molecule has 23 nitrogen and oxygen atoms in total. The molecule has 668 valence electrons. The fourth-order valence-electron chi connectivity index (χ4n) is 13.9. The lowest BCUT2D eigenvalue weighted by atomic mass is 9.99. The van der Waals surface area contributed by atoms with Crippen LogP contribution in [0.4, 0.5) is 39.8 Å². The maximum atomic E-state index is 13.8. The smallest absolute Gasteiger partial charge is 0.264 e. The third-order valence-corrected chi connectivity index (χ3v) is 30.7. The van der Waals surface area contributed by atoms with E-state index in [-0.39, 0.29) is 51.4 Å². The maximum absolute atomic E-state index is 13.8. The minimum Gasteiger partial charge on any atom is -0.495 e. The zero-order chi connectivity index (χ0) is 92.4. The summed E-state index contributed by atoms with van der Waals surface area (Å²) >= 11 is 13.9. The monoisotopic (exact) mass is 2060 g/mol. The number of methoxy groups -OCH3 is 6. The molecule has 0 saturated carbocycles. The standard InChI is InChI=1S/C25H26BrNO4S.2C24H23BrN2O4S.C24H25BrN2O4S/c1-4-19-11-14-25(31-3)24(15-19)27(32(29,30)22-12-9-18(2)10-13-22)17-21(28)16-20-7-5-6-8-23(20)26;1-16-18-8-4-7-11-22(18)27(15-21(16)26-20-10-6-5-9-19(20)25)32(28,29)17-12-13-23(30-2)24(14-17)31-3;1-16-20-9-4-5-10-22(20)27(15-21(16)26-18-8-6-7-17(25)13-18)32(28,29)19-11-12-23(30-2)24(14-19)31-3;1-4-18-11-14-22(23(15-18)31-3)27(32(29,30)19-12-9-17(2)10-13-19)16-24(28)26-21-8-6-5-7-20(21)25/h5-15H,4,16-17H2,1-3H3;2*4-14,26H,15H2,1-3H3;5-15H,4,16H2,1-3H3,(H,26,28). The first-order valence-electron chi connectivity index (χ1n) is 40.2. The van der Waals surface area contributed by atoms with Gasteiger partial charge in [-0.1, -0.05) is 178 Å². The number of ether oxygens (including phenoxy) is 6. The van der Waals surface area contributed by atoms with Crippen LogP contribution in [0, 0.1) is 13.8 Å². The van der Waals surface area contributed by atoms with E-state index in [2.05, 4.69) is 79.7 Å². The molecule has 128 heavy (non-hydrogen) atoms. The van der Waals surface area contributed by atoms with Gasteiger partial charge in [0.25, 0.3) is 40.1 Å². The number of rotatable bonds is 29. The molecule has 2 aliphatic rings. The predicted molar refractivity (Wildman–Crippen MR) is 524 cm³/mol. The van der Waals surface area contributed by atoms with E-state index in [9.17, 15) is 43.3 Å². The van der Waals surface area contributed by atoms with E-state index in [1.807, 2.05) is 181 Å². The summed E-state index contributed by atoms with van der Waals surface area (Å²) in [6, 6.07) is 78.2. The number of halogens is 4. The summed E-state index contributed by atoms with van der Waals surface area (Å²) in [5.74, 6) is 1.73. The molecule has 0 unspecified atom stereocenters. The molecule has 12 aromatic carbocycles. The summed E-state index contributed by atoms with van der Waals surface area (Å²) < 4.78 is 150. The zero-order valence-electron chi connectivity index (χ0n) is 72.3. The summed E-state index contributed by atoms with van der Waals surface area (Å²) in [7, 11) is -6.83. The first-order valence-corrected chi connectivity index (χ1v) is 49.1. The number of aryl methyl sites for hydroxylation is 4. The second kappa shape index (κ2) is 43.6. The lowest BCUT2D eigenvalue weighted by Gasteiger charge is -2.33. The Labute approximate surface area is 783 Å². The van der Waals surface area contributed by atoms with Crippen molar-refractivity contribution in [1.29, 1.82) is 0 Å². The lowest BCUT2D eigenvalue weighted by molar-refractivity contribution is -0.117. The van der Waals surface area contributed by atoms with Crippen molar-refractivity contribution in [1.82, 2.24) is 0 Å². The van der Waals surface area contributed by atoms with Crippen LogP contribution in [0.25, 0.3) is 11.1 Å². The Balaban J connectivity index is 0.000000165. The highest BCUT2D eigenvalue weighted by molar-refractivity contribution is 9.11. The van der Waals surface area contributed by atoms with Gasteiger partial charge in [0.2, 0.25) is 5.91 Å². The number of carbonyl (C=O) groups excluding carboxylic acids is 2. The van der Waals surface area contributed by atoms with Crippen LogP contribution in [0.2, 0.25) is 0 Å². The van der Waals surface area contributed by atoms with Crippen LogP contribution in [0.5, 0.6) is 34.5 Å². The van der Waals surface area contributed by atoms with Gasteiger partial charge in [-0.3, -0.25) is 26.8 Å². The van der Waals surface area contributed by atoms with E-state index >= 15 is 0 Å². The van der Waals surface area contributed by atoms with Gasteiger partial charge >= 0.3 is 0 Å². The molecule has 0 atom stereocenters. The fraction of sp³-hybridized carbons (Fsp3) is 0.196. The third-order valence-electron chi connectivity index (χ3n) is 21.0. The second-order valence-corrected chi connectivity index (χ2v) is 40.2. The SMILES string of the molecule is CCc1ccc(N(CC(=O)Nc2ccccc2Br)S(=O)(=O)c2ccc(C)cc2)c(OC)c1.CCc1ccc(OC)c(N(CC(=O)Cc2ccccc2Br)S(=O)(=O)c2ccc(C)cc2)c1.COc1ccc(S(=O)(=O)N2CC(Nc3cccc(Br)c3)=C(C)c3ccccc32)cc1OC.COc1ccc(S(=O)(=O)N2CC(Nc3ccccc3Br)=C(C)c3ccccc32)cc1OC. The lowest BCUT2D eigenvalue weighted by Crippen LogP contribution is -2.38. The number of benzene rings is 12. The van der Waals surface area contributed by atoms with Crippen molar-refractivity contribution in [2.45, 2.75) is 80.4 Å². The Bertz CT molecular complexity index is 6610. The van der Waals surface area contributed by atoms with Gasteiger partial charge in [0.05, 0.1) is 116 Å². The van der Waals surface area contributed by atoms with E-state index in [4.69, 9.17) is 28.4 Å². The Kier molecular flexibility index (Phi) is 33.1. The number of ketones is 1. The number of anilines is 7. The van der Waals surface area contributed by atoms with Gasteiger partial charge in [-0.2, -0.15) is 0 Å². The number of para-hydroxylation sites is 4. The number of sulfonamides is 4. The quantitative estimate of drug-likeness (QED) is 0.0393. The molecule has 0 aliphatic carbocycles. The number of Topliss-reactive ketones (excluding diaryl/α,β-unsaturated/α-hetero) is 1. The van der Waals surface area contributed by atoms with Crippen LogP contribution in [0.1, 0.15) is 66.6 Å². The summed E-state index contributed by atoms with van der Waals surface area (Å²) in [5, 5.41) is 9.59. The Hall–Kier alpha value is -11.4. The largest absolute Gasteiger partial charge is 0.495 e. The van der Waals surface area contributed by atoms with Crippen molar-refractivity contribution in [3.8, 4) is 34.5 Å². The average Bonchev–Trinajstić information content (AvgIpc) is 0.747. The van der Waals surface area contributed by atoms with Gasteiger partial charge in [0.1, 0.15) is 18.0 Å². The molecule has 3 N–H and O–H groups in total. The van der Waals surface area contributed by atoms with Crippen LogP contribution in [-0.4, -0.2) is 114 Å². The van der Waals surface area contributed by atoms with Crippen LogP contribution < -0.4 is 61.6 Å². The summed E-state index contributed by atoms with van der Waals surface area (Å²) in [5.41, 5.74) is 14.2. The first-order chi connectivity index (χ1) is 61.2. The Morgan fingerprint density at radius 1 is 0.383 bits per heavy atom. The molecule has 0 spiro atoms. The minimum absolute atomic E-state index is 0.0958. The second-order valence-electron chi connectivity index (χ2n) is 29.2. The fourth-order valence-corrected chi connectivity index (χ4v) is 21.3. The van der Waals surface area contributed by atoms with E-state index < -0.39 is 52.5 Å². The van der Waals surface area contributed by atoms with E-state index in [0.717, 1.165) is 108 Å². The number of carbonyl (C=O) groups is 2. The number of nitrogens with zero attached hydrogens (tertiary/aromatic N) is 4. The molecule has 0 aromatic heterocycles. The van der Waals surface area contributed by atoms with Gasteiger partial charge in [0, 0.05) is 64.7 Å². The molecule has 0 radical (unpaired) electrons. The number of allylic oxidation sites excluding steroid dienone is 2. The van der Waals surface area contributed by atoms with E-state index in [1.165, 1.54) is 87.7 Å². The first kappa shape index (κ1) is 97.2. The van der Waals surface area contributed by atoms with Crippen LogP contribution in [0.3, 0.4) is 0 Å². The third kappa shape index (κ3) is 23.0. The van der Waals surface area contributed by atoms with Crippen molar-refractivity contribution in [2.24, 2.45) is 0 Å². The topological polar surface area (TPSA) is 275 Å². The summed E-state index contributed by atoms with van der Waals surface area (Å²) in [4.78, 5) is 26.5. The van der Waals surface area contributed by atoms with Gasteiger partial charge in [0.15, 0.2) is 28.8 Å². The van der Waals surface area contributed by atoms with Crippen LogP contribution in [-0.2, 0) is 68.9 Å². The van der Waals surface area contributed by atoms with Gasteiger partial charge in [-0.15, -0.1) is 0 Å². The zero-order valence-corrected chi connectivity index (χ0v) is 81.9. The molecule has 0 bridgehead atoms. The molecule has 12 aromatic rings. The Morgan fingerprint density at radius 3 is 1.28 bits per heavy atom. The number of amides is 1. The number of hydrogen-bond donors (Lipinski definition) is 3. The van der Waals surface area contributed by atoms with Crippen molar-refractivity contribution in [2.75, 3.05) is 102 Å². The summed E-state index contributed by atoms with van der Waals surface area (Å²) in [6.45, 7) is 11.4. The van der Waals surface area contributed by atoms with Crippen LogP contribution in [0.15, 0.2) is 316 Å². The van der Waals surface area contributed by atoms with E-state index in [0.29, 0.717) is 67.4 Å². The molecule has 1 amide bonds. The highest BCUT2D eigenvalue weighted by Gasteiger charge is 2.37. The molecule has 14 rings (SSSR count). The van der Waals surface area contributed by atoms with Crippen molar-refractivity contribution in [3.63, 3.8) is 0 Å². The van der Waals surface area contributed by atoms with Crippen molar-refractivity contribution in [3.05, 3.63) is 335 Å². The van der Waals surface area contributed by atoms with Gasteiger partial charge < -0.3 is 44.4 Å². The molecular formula is C97H97Br4N7O16S4. The molecule has 2 aliphatic heterocycles. The molecule has 0 fully saturated rings. The minimum atomic E-state index is -4.04. The highest BCUT2D eigenvalue weighted by Crippen LogP contribution is 2.44. The number of fused-ring (bicyclic) bond motifs is 2. The van der Waals surface area contributed by atoms with Crippen LogP contribution >= 0.6 is 63.7 Å². The van der Waals surface area contributed by atoms with Gasteiger partial charge in [-0.25, -0.2) is 33.7 Å². The molecular weight excluding hydrogens is 1970 g/mol.